The summed E-state index contributed by atoms with van der Waals surface area (Å²) in [5, 5.41) is 25.0. The van der Waals surface area contributed by atoms with E-state index in [0.29, 0.717) is 0 Å². The van der Waals surface area contributed by atoms with Crippen LogP contribution in [0, 0.1) is 0 Å². The van der Waals surface area contributed by atoms with Gasteiger partial charge < -0.3 is 18.0 Å². The van der Waals surface area contributed by atoms with Gasteiger partial charge in [0.25, 0.3) is 6.71 Å². The highest BCUT2D eigenvalue weighted by Crippen LogP contribution is 2.50. The number of rotatable bonds is 2. The second kappa shape index (κ2) is 15.1. The van der Waals surface area contributed by atoms with Gasteiger partial charge in [-0.2, -0.15) is 0 Å². The van der Waals surface area contributed by atoms with Gasteiger partial charge in [-0.15, -0.1) is 0 Å². The maximum absolute atomic E-state index is 6.65. The molecule has 378 valence electrons. The van der Waals surface area contributed by atoms with E-state index in [9.17, 15) is 0 Å². The zero-order valence-corrected chi connectivity index (χ0v) is 44.5. The summed E-state index contributed by atoms with van der Waals surface area (Å²) >= 11 is 0. The van der Waals surface area contributed by atoms with Crippen LogP contribution in [-0.4, -0.2) is 15.8 Å². The van der Waals surface area contributed by atoms with Crippen molar-refractivity contribution in [2.75, 3.05) is 0 Å². The quantitative estimate of drug-likeness (QED) is 0.128. The number of nitrogens with zero attached hydrogens (tertiary/aromatic N) is 2. The largest absolute Gasteiger partial charge is 0.456 e. The number of hydrogen-bond acceptors (Lipinski definition) is 2. The lowest BCUT2D eigenvalue weighted by atomic mass is 9.34. The third-order valence-corrected chi connectivity index (χ3v) is 19.4. The average molecular weight is 1050 g/mol. The molecule has 15 aromatic carbocycles. The number of fused-ring (bicyclic) bond motifs is 30. The molecule has 2 aliphatic heterocycles. The van der Waals surface area contributed by atoms with E-state index >= 15 is 0 Å². The van der Waals surface area contributed by atoms with Crippen LogP contribution in [0.15, 0.2) is 258 Å². The summed E-state index contributed by atoms with van der Waals surface area (Å²) in [4.78, 5) is 0. The molecule has 6 heterocycles. The Labute approximate surface area is 472 Å². The van der Waals surface area contributed by atoms with Crippen molar-refractivity contribution >= 4 is 175 Å². The maximum atomic E-state index is 6.65. The highest BCUT2D eigenvalue weighted by atomic mass is 16.3. The minimum atomic E-state index is -0.122. The van der Waals surface area contributed by atoms with Crippen LogP contribution in [0.1, 0.15) is 0 Å². The molecular weight excluding hydrogens is 1010 g/mol. The Morgan fingerprint density at radius 3 is 1.28 bits per heavy atom. The van der Waals surface area contributed by atoms with Gasteiger partial charge in [-0.05, 0) is 165 Å². The van der Waals surface area contributed by atoms with E-state index < -0.39 is 0 Å². The Morgan fingerprint density at radius 2 is 0.663 bits per heavy atom. The molecule has 0 fully saturated rings. The summed E-state index contributed by atoms with van der Waals surface area (Å²) < 4.78 is 18.4. The van der Waals surface area contributed by atoms with Gasteiger partial charge >= 0.3 is 0 Å². The Balaban J connectivity index is 0.937. The van der Waals surface area contributed by atoms with Crippen LogP contribution in [0.5, 0.6) is 0 Å². The fourth-order valence-electron chi connectivity index (χ4n) is 16.1. The lowest BCUT2D eigenvalue weighted by Gasteiger charge is -2.34. The van der Waals surface area contributed by atoms with E-state index in [1.165, 1.54) is 136 Å². The minimum absolute atomic E-state index is 0.122. The first kappa shape index (κ1) is 43.0. The summed E-state index contributed by atoms with van der Waals surface area (Å²) in [7, 11) is 0. The first-order valence-corrected chi connectivity index (χ1v) is 28.8. The maximum Gasteiger partial charge on any atom is 0.252 e. The second-order valence-electron chi connectivity index (χ2n) is 23.3. The van der Waals surface area contributed by atoms with Crippen LogP contribution in [-0.2, 0) is 0 Å². The molecule has 4 aromatic heterocycles. The Morgan fingerprint density at radius 1 is 0.241 bits per heavy atom. The van der Waals surface area contributed by atoms with Gasteiger partial charge in [0.15, 0.2) is 0 Å². The van der Waals surface area contributed by atoms with E-state index in [1.807, 2.05) is 6.07 Å². The predicted octanol–water partition coefficient (Wildman–Crippen LogP) is 19.1. The summed E-state index contributed by atoms with van der Waals surface area (Å²) in [5.41, 5.74) is 19.5. The first-order chi connectivity index (χ1) is 41.2. The van der Waals surface area contributed by atoms with Gasteiger partial charge in [0.05, 0.1) is 16.6 Å². The molecule has 0 N–H and O–H groups in total. The molecule has 0 aliphatic carbocycles. The third-order valence-electron chi connectivity index (χ3n) is 19.4. The Hall–Kier alpha value is -10.9. The summed E-state index contributed by atoms with van der Waals surface area (Å²) in [5.74, 6) is 0. The predicted molar refractivity (Wildman–Crippen MR) is 350 cm³/mol. The summed E-state index contributed by atoms with van der Waals surface area (Å²) in [6, 6.07) is 93.3. The van der Waals surface area contributed by atoms with Crippen LogP contribution >= 0.6 is 0 Å². The van der Waals surface area contributed by atoms with Crippen molar-refractivity contribution < 1.29 is 8.83 Å². The lowest BCUT2D eigenvalue weighted by molar-refractivity contribution is 0.668. The lowest BCUT2D eigenvalue weighted by Crippen LogP contribution is -2.59. The number of aromatic nitrogens is 2. The molecule has 2 aliphatic rings. The number of para-hydroxylation sites is 2. The summed E-state index contributed by atoms with van der Waals surface area (Å²) in [6.07, 6.45) is 0. The van der Waals surface area contributed by atoms with E-state index in [1.54, 1.807) is 0 Å². The summed E-state index contributed by atoms with van der Waals surface area (Å²) in [6.45, 7) is -0.122. The van der Waals surface area contributed by atoms with E-state index in [0.717, 1.165) is 66.1 Å². The molecule has 21 rings (SSSR count). The normalized spacial score (nSPS) is 13.0. The molecule has 0 unspecified atom stereocenters. The SMILES string of the molecule is c1cc2c3c(c1)-n1c4ccc5c6ccccc6c6ccccc6c5c4c4c5c6ccccc6c6ccccc6c5cc(c41)B3c1cc(-c3ccc4c(c3)oc3ccccc34)cc3c4cc(-c5ccc6c(c5)oc5ccccc56)ccc4n-2c13. The van der Waals surface area contributed by atoms with Gasteiger partial charge in [-0.1, -0.05) is 176 Å². The number of benzene rings is 15. The molecule has 0 spiro atoms. The zero-order valence-electron chi connectivity index (χ0n) is 44.5. The second-order valence-corrected chi connectivity index (χ2v) is 23.3. The smallest absolute Gasteiger partial charge is 0.252 e. The fourth-order valence-corrected chi connectivity index (χ4v) is 16.1. The topological polar surface area (TPSA) is 36.1 Å². The van der Waals surface area contributed by atoms with Crippen LogP contribution in [0.2, 0.25) is 0 Å². The Kier molecular flexibility index (Phi) is 7.83. The van der Waals surface area contributed by atoms with Crippen molar-refractivity contribution in [1.82, 2.24) is 9.13 Å². The van der Waals surface area contributed by atoms with Crippen molar-refractivity contribution in [2.24, 2.45) is 0 Å². The van der Waals surface area contributed by atoms with Gasteiger partial charge in [-0.25, -0.2) is 0 Å². The molecule has 83 heavy (non-hydrogen) atoms. The average Bonchev–Trinajstić information content (AvgIpc) is 1.80. The molecule has 5 heteroatoms. The van der Waals surface area contributed by atoms with Crippen molar-refractivity contribution in [1.29, 1.82) is 0 Å². The van der Waals surface area contributed by atoms with Gasteiger partial charge in [-0.3, -0.25) is 0 Å². The van der Waals surface area contributed by atoms with Crippen molar-refractivity contribution in [3.8, 4) is 33.6 Å². The van der Waals surface area contributed by atoms with Crippen molar-refractivity contribution in [3.05, 3.63) is 249 Å². The van der Waals surface area contributed by atoms with Crippen molar-refractivity contribution in [2.45, 2.75) is 0 Å². The molecule has 0 bridgehead atoms. The molecule has 19 aromatic rings. The molecule has 0 atom stereocenters. The highest BCUT2D eigenvalue weighted by molar-refractivity contribution is 7.00. The van der Waals surface area contributed by atoms with E-state index in [4.69, 9.17) is 8.83 Å². The zero-order chi connectivity index (χ0) is 53.5. The monoisotopic (exact) mass is 1050 g/mol. The van der Waals surface area contributed by atoms with Crippen LogP contribution < -0.4 is 16.4 Å². The van der Waals surface area contributed by atoms with E-state index in [-0.39, 0.29) is 6.71 Å². The third kappa shape index (κ3) is 5.30. The van der Waals surface area contributed by atoms with Crippen LogP contribution in [0.4, 0.5) is 0 Å². The first-order valence-electron chi connectivity index (χ1n) is 28.8. The van der Waals surface area contributed by atoms with Crippen LogP contribution in [0.25, 0.3) is 186 Å². The standard InChI is InChI=1S/C78H41BN2O2/c1-3-18-50-46(14-1)48-16-5-7-22-56(48)72-58(50)33-35-65-74(72)75-73-57-23-8-6-17-49(57)47-15-2-4-19-51(47)60(73)41-63-78(75)81(65)67-25-13-24-66-76(67)79(63)62-38-45(44-29-32-55-53-21-10-12-27-69(53)83-71(55)40-44)37-61-59-36-42(30-34-64(59)80(66)77(61)62)43-28-31-54-52-20-9-11-26-68(52)82-70(54)39-43/h1-41H. The van der Waals surface area contributed by atoms with Gasteiger partial charge in [0.1, 0.15) is 22.3 Å². The molecule has 0 saturated carbocycles. The number of furan rings is 2. The highest BCUT2D eigenvalue weighted by Gasteiger charge is 2.42. The molecule has 4 nitrogen and oxygen atoms in total. The Bertz CT molecular complexity index is 6230. The van der Waals surface area contributed by atoms with Gasteiger partial charge in [0, 0.05) is 70.8 Å². The van der Waals surface area contributed by atoms with Crippen LogP contribution in [0.3, 0.4) is 0 Å². The molecular formula is C78H41BN2O2. The fraction of sp³-hybridized carbons (Fsp3) is 0. The van der Waals surface area contributed by atoms with Crippen molar-refractivity contribution in [3.63, 3.8) is 0 Å². The molecule has 0 amide bonds. The number of hydrogen-bond donors (Lipinski definition) is 0. The molecule has 0 radical (unpaired) electrons. The minimum Gasteiger partial charge on any atom is -0.456 e. The molecule has 0 saturated heterocycles. The van der Waals surface area contributed by atoms with Gasteiger partial charge in [0.2, 0.25) is 0 Å². The van der Waals surface area contributed by atoms with E-state index in [2.05, 4.69) is 252 Å².